The molecule has 0 bridgehead atoms. The van der Waals surface area contributed by atoms with Crippen LogP contribution >= 0.6 is 0 Å². The molecule has 0 aliphatic carbocycles. The highest BCUT2D eigenvalue weighted by Crippen LogP contribution is 2.31. The van der Waals surface area contributed by atoms with Crippen LogP contribution in [0.4, 0.5) is 0 Å². The molecule has 0 spiro atoms. The van der Waals surface area contributed by atoms with E-state index >= 15 is 0 Å². The average Bonchev–Trinajstić information content (AvgIpc) is 2.55. The summed E-state index contributed by atoms with van der Waals surface area (Å²) in [5.41, 5.74) is 4.13. The second-order valence-corrected chi connectivity index (χ2v) is 5.35. The van der Waals surface area contributed by atoms with E-state index in [0.29, 0.717) is 6.04 Å². The zero-order valence-corrected chi connectivity index (χ0v) is 12.6. The summed E-state index contributed by atoms with van der Waals surface area (Å²) in [6, 6.07) is 15.2. The average molecular weight is 283 g/mol. The molecule has 21 heavy (non-hydrogen) atoms. The van der Waals surface area contributed by atoms with Crippen LogP contribution in [0.15, 0.2) is 42.5 Å². The van der Waals surface area contributed by atoms with Gasteiger partial charge in [-0.1, -0.05) is 30.3 Å². The largest absolute Gasteiger partial charge is 0.493 e. The quantitative estimate of drug-likeness (QED) is 0.935. The van der Waals surface area contributed by atoms with Crippen molar-refractivity contribution in [3.63, 3.8) is 0 Å². The van der Waals surface area contributed by atoms with Gasteiger partial charge >= 0.3 is 0 Å². The van der Waals surface area contributed by atoms with Crippen LogP contribution < -0.4 is 14.8 Å². The Labute approximate surface area is 125 Å². The second kappa shape index (κ2) is 6.19. The monoisotopic (exact) mass is 283 g/mol. The highest BCUT2D eigenvalue weighted by atomic mass is 16.5. The minimum Gasteiger partial charge on any atom is -0.493 e. The van der Waals surface area contributed by atoms with E-state index in [1.807, 2.05) is 6.07 Å². The summed E-state index contributed by atoms with van der Waals surface area (Å²) in [6.45, 7) is 1.04. The SMILES string of the molecule is COc1ccc(C[C@@H]2NCCc3ccccc32)cc1OC. The number of ether oxygens (including phenoxy) is 2. The van der Waals surface area contributed by atoms with Gasteiger partial charge in [-0.3, -0.25) is 0 Å². The molecule has 1 heterocycles. The Bertz CT molecular complexity index is 624. The Morgan fingerprint density at radius 2 is 1.86 bits per heavy atom. The fourth-order valence-electron chi connectivity index (χ4n) is 3.02. The molecule has 3 nitrogen and oxygen atoms in total. The van der Waals surface area contributed by atoms with Gasteiger partial charge < -0.3 is 14.8 Å². The van der Waals surface area contributed by atoms with Gasteiger partial charge in [-0.2, -0.15) is 0 Å². The minimum atomic E-state index is 0.369. The lowest BCUT2D eigenvalue weighted by Crippen LogP contribution is -2.31. The molecule has 0 aromatic heterocycles. The predicted octanol–water partition coefficient (Wildman–Crippen LogP) is 3.13. The van der Waals surface area contributed by atoms with Crippen LogP contribution in [-0.2, 0) is 12.8 Å². The highest BCUT2D eigenvalue weighted by Gasteiger charge is 2.19. The van der Waals surface area contributed by atoms with Gasteiger partial charge in [0.2, 0.25) is 0 Å². The normalized spacial score (nSPS) is 17.1. The van der Waals surface area contributed by atoms with Gasteiger partial charge in [0, 0.05) is 6.04 Å². The number of rotatable bonds is 4. The molecule has 1 N–H and O–H groups in total. The van der Waals surface area contributed by atoms with Crippen LogP contribution in [-0.4, -0.2) is 20.8 Å². The number of hydrogen-bond acceptors (Lipinski definition) is 3. The van der Waals surface area contributed by atoms with Crippen molar-refractivity contribution in [2.45, 2.75) is 18.9 Å². The first-order chi connectivity index (χ1) is 10.3. The molecule has 0 amide bonds. The lowest BCUT2D eigenvalue weighted by molar-refractivity contribution is 0.354. The fourth-order valence-corrected chi connectivity index (χ4v) is 3.02. The van der Waals surface area contributed by atoms with Crippen molar-refractivity contribution in [3.8, 4) is 11.5 Å². The molecule has 3 heteroatoms. The molecular formula is C18H21NO2. The molecule has 2 aromatic carbocycles. The van der Waals surface area contributed by atoms with E-state index < -0.39 is 0 Å². The van der Waals surface area contributed by atoms with Crippen molar-refractivity contribution in [2.75, 3.05) is 20.8 Å². The molecule has 0 radical (unpaired) electrons. The zero-order valence-electron chi connectivity index (χ0n) is 12.6. The number of methoxy groups -OCH3 is 2. The molecule has 2 aromatic rings. The standard InChI is InChI=1S/C18H21NO2/c1-20-17-8-7-13(12-18(17)21-2)11-16-15-6-4-3-5-14(15)9-10-19-16/h3-8,12,16,19H,9-11H2,1-2H3/t16-/m0/s1. The topological polar surface area (TPSA) is 30.5 Å². The lowest BCUT2D eigenvalue weighted by Gasteiger charge is -2.27. The summed E-state index contributed by atoms with van der Waals surface area (Å²) in [5.74, 6) is 1.57. The molecule has 1 aliphatic rings. The van der Waals surface area contributed by atoms with Crippen molar-refractivity contribution in [1.82, 2.24) is 5.32 Å². The first-order valence-electron chi connectivity index (χ1n) is 7.34. The van der Waals surface area contributed by atoms with Gasteiger partial charge in [0.15, 0.2) is 11.5 Å². The number of benzene rings is 2. The maximum Gasteiger partial charge on any atom is 0.160 e. The van der Waals surface area contributed by atoms with E-state index in [1.54, 1.807) is 14.2 Å². The van der Waals surface area contributed by atoms with Gasteiger partial charge in [0.25, 0.3) is 0 Å². The molecular weight excluding hydrogens is 262 g/mol. The van der Waals surface area contributed by atoms with Crippen molar-refractivity contribution in [3.05, 3.63) is 59.2 Å². The number of hydrogen-bond donors (Lipinski definition) is 1. The van der Waals surface area contributed by atoms with Gasteiger partial charge in [0.1, 0.15) is 0 Å². The first kappa shape index (κ1) is 14.0. The van der Waals surface area contributed by atoms with Crippen LogP contribution in [0.1, 0.15) is 22.7 Å². The van der Waals surface area contributed by atoms with Crippen molar-refractivity contribution < 1.29 is 9.47 Å². The summed E-state index contributed by atoms with van der Waals surface area (Å²) in [7, 11) is 3.34. The number of fused-ring (bicyclic) bond motifs is 1. The van der Waals surface area contributed by atoms with E-state index in [0.717, 1.165) is 30.9 Å². The van der Waals surface area contributed by atoms with E-state index in [1.165, 1.54) is 16.7 Å². The molecule has 0 unspecified atom stereocenters. The molecule has 1 aliphatic heterocycles. The summed E-state index contributed by atoms with van der Waals surface area (Å²) >= 11 is 0. The molecule has 3 rings (SSSR count). The third kappa shape index (κ3) is 2.88. The van der Waals surface area contributed by atoms with Crippen LogP contribution in [0.2, 0.25) is 0 Å². The van der Waals surface area contributed by atoms with Crippen LogP contribution in [0.5, 0.6) is 11.5 Å². The summed E-state index contributed by atoms with van der Waals surface area (Å²) in [6.07, 6.45) is 2.07. The zero-order chi connectivity index (χ0) is 14.7. The lowest BCUT2D eigenvalue weighted by atomic mass is 9.90. The smallest absolute Gasteiger partial charge is 0.160 e. The predicted molar refractivity (Wildman–Crippen MR) is 84.1 cm³/mol. The molecule has 1 atom stereocenters. The molecule has 0 saturated heterocycles. The molecule has 110 valence electrons. The van der Waals surface area contributed by atoms with Crippen LogP contribution in [0.25, 0.3) is 0 Å². The third-order valence-corrected chi connectivity index (χ3v) is 4.10. The summed E-state index contributed by atoms with van der Waals surface area (Å²) in [5, 5.41) is 3.62. The fraction of sp³-hybridized carbons (Fsp3) is 0.333. The third-order valence-electron chi connectivity index (χ3n) is 4.10. The maximum absolute atomic E-state index is 5.39. The van der Waals surface area contributed by atoms with E-state index in [-0.39, 0.29) is 0 Å². The van der Waals surface area contributed by atoms with Crippen molar-refractivity contribution in [1.29, 1.82) is 0 Å². The van der Waals surface area contributed by atoms with Crippen LogP contribution in [0.3, 0.4) is 0 Å². The summed E-state index contributed by atoms with van der Waals surface area (Å²) in [4.78, 5) is 0. The maximum atomic E-state index is 5.39. The Morgan fingerprint density at radius 1 is 1.05 bits per heavy atom. The van der Waals surface area contributed by atoms with E-state index in [9.17, 15) is 0 Å². The minimum absolute atomic E-state index is 0.369. The van der Waals surface area contributed by atoms with Crippen LogP contribution in [0, 0.1) is 0 Å². The van der Waals surface area contributed by atoms with Crippen molar-refractivity contribution >= 4 is 0 Å². The van der Waals surface area contributed by atoms with Crippen molar-refractivity contribution in [2.24, 2.45) is 0 Å². The Kier molecular flexibility index (Phi) is 4.11. The highest BCUT2D eigenvalue weighted by molar-refractivity contribution is 5.44. The first-order valence-corrected chi connectivity index (χ1v) is 7.34. The Balaban J connectivity index is 1.85. The van der Waals surface area contributed by atoms with E-state index in [2.05, 4.69) is 41.7 Å². The Morgan fingerprint density at radius 3 is 2.67 bits per heavy atom. The molecule has 0 fully saturated rings. The second-order valence-electron chi connectivity index (χ2n) is 5.35. The van der Waals surface area contributed by atoms with E-state index in [4.69, 9.17) is 9.47 Å². The Hall–Kier alpha value is -2.00. The number of nitrogens with one attached hydrogen (secondary N) is 1. The van der Waals surface area contributed by atoms with Gasteiger partial charge in [-0.25, -0.2) is 0 Å². The molecule has 0 saturated carbocycles. The summed E-state index contributed by atoms with van der Waals surface area (Å²) < 4.78 is 10.7. The van der Waals surface area contributed by atoms with Gasteiger partial charge in [-0.05, 0) is 48.2 Å². The van der Waals surface area contributed by atoms with Gasteiger partial charge in [-0.15, -0.1) is 0 Å². The van der Waals surface area contributed by atoms with Gasteiger partial charge in [0.05, 0.1) is 14.2 Å².